The first-order chi connectivity index (χ1) is 7.37. The second-order valence-corrected chi connectivity index (χ2v) is 6.33. The maximum atomic E-state index is 11.6. The summed E-state index contributed by atoms with van der Waals surface area (Å²) < 4.78 is 11.6. The normalized spacial score (nSPS) is 53.6. The first-order valence-corrected chi connectivity index (χ1v) is 6.25. The highest BCUT2D eigenvalue weighted by Crippen LogP contribution is 2.62. The molecule has 0 aromatic carbocycles. The minimum Gasteiger partial charge on any atom is -0.459 e. The summed E-state index contributed by atoms with van der Waals surface area (Å²) in [4.78, 5) is 11.6. The van der Waals surface area contributed by atoms with Crippen molar-refractivity contribution in [2.75, 3.05) is 0 Å². The second kappa shape index (κ2) is 2.81. The molecule has 0 N–H and O–H groups in total. The fraction of sp³-hybridized carbons (Fsp3) is 0.923. The zero-order valence-corrected chi connectivity index (χ0v) is 10.4. The Morgan fingerprint density at radius 1 is 1.25 bits per heavy atom. The zero-order chi connectivity index (χ0) is 11.7. The first kappa shape index (κ1) is 10.6. The highest BCUT2D eigenvalue weighted by Gasteiger charge is 2.69. The van der Waals surface area contributed by atoms with Crippen LogP contribution in [-0.2, 0) is 14.3 Å². The Hall–Kier alpha value is -0.570. The van der Waals surface area contributed by atoms with Gasteiger partial charge in [0.2, 0.25) is 0 Å². The summed E-state index contributed by atoms with van der Waals surface area (Å²) in [5.41, 5.74) is -0.432. The lowest BCUT2D eigenvalue weighted by Crippen LogP contribution is -2.50. The van der Waals surface area contributed by atoms with E-state index in [-0.39, 0.29) is 23.1 Å². The number of fused-ring (bicyclic) bond motifs is 3. The Bertz CT molecular complexity index is 347. The average Bonchev–Trinajstić information content (AvgIpc) is 2.71. The number of rotatable bonds is 0. The van der Waals surface area contributed by atoms with Crippen LogP contribution in [0.2, 0.25) is 0 Å². The molecule has 0 amide bonds. The Morgan fingerprint density at radius 2 is 1.94 bits per heavy atom. The number of ether oxygens (including phenoxy) is 2. The summed E-state index contributed by atoms with van der Waals surface area (Å²) in [6.07, 6.45) is 2.06. The third kappa shape index (κ3) is 1.01. The van der Waals surface area contributed by atoms with Crippen LogP contribution in [0, 0.1) is 17.3 Å². The van der Waals surface area contributed by atoms with E-state index < -0.39 is 0 Å². The van der Waals surface area contributed by atoms with Crippen molar-refractivity contribution in [3.8, 4) is 0 Å². The lowest BCUT2D eigenvalue weighted by molar-refractivity contribution is -0.149. The van der Waals surface area contributed by atoms with Gasteiger partial charge in [-0.25, -0.2) is 0 Å². The largest absolute Gasteiger partial charge is 0.459 e. The van der Waals surface area contributed by atoms with Gasteiger partial charge in [-0.15, -0.1) is 0 Å². The van der Waals surface area contributed by atoms with Crippen LogP contribution in [0.15, 0.2) is 0 Å². The van der Waals surface area contributed by atoms with Crippen LogP contribution >= 0.6 is 0 Å². The Balaban J connectivity index is 2.00. The Kier molecular flexibility index (Phi) is 1.86. The van der Waals surface area contributed by atoms with Gasteiger partial charge in [-0.2, -0.15) is 0 Å². The second-order valence-electron chi connectivity index (χ2n) is 6.33. The number of carbonyl (C=O) groups excluding carboxylic acids is 1. The minimum atomic E-state index is -0.363. The third-order valence-corrected chi connectivity index (χ3v) is 5.35. The van der Waals surface area contributed by atoms with Gasteiger partial charge in [0.1, 0.15) is 5.60 Å². The van der Waals surface area contributed by atoms with E-state index in [4.69, 9.17) is 9.47 Å². The van der Waals surface area contributed by atoms with E-state index in [0.717, 1.165) is 6.42 Å². The zero-order valence-electron chi connectivity index (χ0n) is 10.4. The molecule has 5 atom stereocenters. The lowest BCUT2D eigenvalue weighted by atomic mass is 9.59. The van der Waals surface area contributed by atoms with Gasteiger partial charge in [0.15, 0.2) is 0 Å². The Morgan fingerprint density at radius 3 is 2.38 bits per heavy atom. The van der Waals surface area contributed by atoms with Crippen LogP contribution in [0.25, 0.3) is 0 Å². The minimum absolute atomic E-state index is 0.0546. The van der Waals surface area contributed by atoms with Gasteiger partial charge in [-0.3, -0.25) is 4.79 Å². The summed E-state index contributed by atoms with van der Waals surface area (Å²) in [6, 6.07) is 0. The van der Waals surface area contributed by atoms with Gasteiger partial charge in [-0.1, -0.05) is 13.8 Å². The van der Waals surface area contributed by atoms with Crippen molar-refractivity contribution in [3.63, 3.8) is 0 Å². The van der Waals surface area contributed by atoms with Crippen molar-refractivity contribution in [2.45, 2.75) is 58.3 Å². The van der Waals surface area contributed by atoms with E-state index in [1.165, 1.54) is 0 Å². The van der Waals surface area contributed by atoms with Crippen LogP contribution < -0.4 is 0 Å². The fourth-order valence-electron chi connectivity index (χ4n) is 4.05. The molecule has 2 bridgehead atoms. The molecule has 3 heterocycles. The molecule has 1 spiro atoms. The number of hydrogen-bond acceptors (Lipinski definition) is 3. The topological polar surface area (TPSA) is 35.5 Å². The molecular weight excluding hydrogens is 204 g/mol. The maximum absolute atomic E-state index is 11.6. The van der Waals surface area contributed by atoms with Crippen LogP contribution in [0.4, 0.5) is 0 Å². The van der Waals surface area contributed by atoms with Crippen molar-refractivity contribution in [2.24, 2.45) is 17.3 Å². The number of esters is 1. The van der Waals surface area contributed by atoms with Crippen LogP contribution in [-0.4, -0.2) is 23.8 Å². The molecule has 3 saturated heterocycles. The van der Waals surface area contributed by atoms with Crippen molar-refractivity contribution in [3.05, 3.63) is 0 Å². The van der Waals surface area contributed by atoms with Gasteiger partial charge in [0.25, 0.3) is 0 Å². The standard InChI is InChI=1S/C13H20O3/c1-7-8(2)11-13(5-9(7)15-11)6-10(14)16-12(13,3)4/h7-9,11H,5-6H2,1-4H3. The number of cyclic esters (lactones) is 1. The maximum Gasteiger partial charge on any atom is 0.307 e. The molecule has 16 heavy (non-hydrogen) atoms. The molecule has 3 aliphatic heterocycles. The monoisotopic (exact) mass is 224 g/mol. The van der Waals surface area contributed by atoms with E-state index in [1.54, 1.807) is 0 Å². The quantitative estimate of drug-likeness (QED) is 0.591. The van der Waals surface area contributed by atoms with Crippen molar-refractivity contribution < 1.29 is 14.3 Å². The molecule has 3 heteroatoms. The van der Waals surface area contributed by atoms with Crippen molar-refractivity contribution >= 4 is 5.97 Å². The van der Waals surface area contributed by atoms with Gasteiger partial charge in [-0.05, 0) is 32.1 Å². The van der Waals surface area contributed by atoms with E-state index in [9.17, 15) is 4.79 Å². The highest BCUT2D eigenvalue weighted by atomic mass is 16.6. The molecule has 3 rings (SSSR count). The van der Waals surface area contributed by atoms with Crippen LogP contribution in [0.5, 0.6) is 0 Å². The first-order valence-electron chi connectivity index (χ1n) is 6.25. The molecule has 0 saturated carbocycles. The van der Waals surface area contributed by atoms with Gasteiger partial charge < -0.3 is 9.47 Å². The predicted molar refractivity (Wildman–Crippen MR) is 58.8 cm³/mol. The van der Waals surface area contributed by atoms with Crippen molar-refractivity contribution in [1.82, 2.24) is 0 Å². The molecule has 90 valence electrons. The van der Waals surface area contributed by atoms with Gasteiger partial charge >= 0.3 is 5.97 Å². The van der Waals surface area contributed by atoms with E-state index in [0.29, 0.717) is 24.4 Å². The van der Waals surface area contributed by atoms with Crippen LogP contribution in [0.1, 0.15) is 40.5 Å². The number of hydrogen-bond donors (Lipinski definition) is 0. The summed E-state index contributed by atoms with van der Waals surface area (Å²) in [7, 11) is 0. The van der Waals surface area contributed by atoms with Crippen LogP contribution in [0.3, 0.4) is 0 Å². The SMILES string of the molecule is CC1C2CC3(CC(=O)OC3(C)C)C(O2)C1C. The summed E-state index contributed by atoms with van der Waals surface area (Å²) >= 11 is 0. The molecule has 0 radical (unpaired) electrons. The third-order valence-electron chi connectivity index (χ3n) is 5.35. The summed E-state index contributed by atoms with van der Waals surface area (Å²) in [5.74, 6) is 1.09. The van der Waals surface area contributed by atoms with E-state index in [1.807, 2.05) is 13.8 Å². The molecule has 3 nitrogen and oxygen atoms in total. The molecule has 0 aliphatic carbocycles. The highest BCUT2D eigenvalue weighted by molar-refractivity contribution is 5.74. The van der Waals surface area contributed by atoms with Gasteiger partial charge in [0.05, 0.1) is 18.6 Å². The van der Waals surface area contributed by atoms with E-state index in [2.05, 4.69) is 13.8 Å². The van der Waals surface area contributed by atoms with Crippen molar-refractivity contribution in [1.29, 1.82) is 0 Å². The van der Waals surface area contributed by atoms with E-state index >= 15 is 0 Å². The smallest absolute Gasteiger partial charge is 0.307 e. The molecular formula is C13H20O3. The Labute approximate surface area is 96.5 Å². The van der Waals surface area contributed by atoms with Gasteiger partial charge in [0, 0.05) is 5.41 Å². The molecule has 0 aromatic heterocycles. The molecule has 0 aromatic rings. The predicted octanol–water partition coefficient (Wildman–Crippen LogP) is 2.14. The molecule has 3 aliphatic rings. The molecule has 5 unspecified atom stereocenters. The number of carbonyl (C=O) groups is 1. The molecule has 3 fully saturated rings. The fourth-order valence-corrected chi connectivity index (χ4v) is 4.05. The lowest BCUT2D eigenvalue weighted by Gasteiger charge is -2.43. The average molecular weight is 224 g/mol. The summed E-state index contributed by atoms with van der Waals surface area (Å²) in [5, 5.41) is 0. The summed E-state index contributed by atoms with van der Waals surface area (Å²) in [6.45, 7) is 8.58.